The number of hydrogen-bond donors (Lipinski definition) is 2. The van der Waals surface area contributed by atoms with Crippen LogP contribution in [0.25, 0.3) is 0 Å². The number of aryl methyl sites for hydroxylation is 1. The second-order valence-electron chi connectivity index (χ2n) is 3.63. The van der Waals surface area contributed by atoms with E-state index in [4.69, 9.17) is 5.11 Å². The first-order chi connectivity index (χ1) is 7.31. The molecule has 1 atom stereocenters. The van der Waals surface area contributed by atoms with Crippen LogP contribution in [-0.2, 0) is 21.9 Å². The molecule has 0 spiro atoms. The average molecular weight is 246 g/mol. The lowest BCUT2D eigenvalue weighted by Gasteiger charge is -2.10. The maximum atomic E-state index is 11.7. The smallest absolute Gasteiger partial charge is 0.304 e. The van der Waals surface area contributed by atoms with Crippen LogP contribution in [0, 0.1) is 0 Å². The summed E-state index contributed by atoms with van der Waals surface area (Å²) in [5.74, 6) is -1.04. The van der Waals surface area contributed by atoms with Crippen LogP contribution in [0.4, 0.5) is 0 Å². The minimum absolute atomic E-state index is 0.132. The van der Waals surface area contributed by atoms with Gasteiger partial charge in [0.2, 0.25) is 10.0 Å². The molecule has 1 heterocycles. The molecule has 0 saturated carbocycles. The van der Waals surface area contributed by atoms with E-state index < -0.39 is 22.0 Å². The first kappa shape index (κ1) is 12.7. The monoisotopic (exact) mass is 246 g/mol. The van der Waals surface area contributed by atoms with Crippen molar-refractivity contribution in [1.82, 2.24) is 9.29 Å². The molecule has 0 aliphatic carbocycles. The van der Waals surface area contributed by atoms with Crippen molar-refractivity contribution in [3.8, 4) is 0 Å². The van der Waals surface area contributed by atoms with Gasteiger partial charge in [-0.1, -0.05) is 0 Å². The molecule has 1 aromatic rings. The van der Waals surface area contributed by atoms with Crippen LogP contribution < -0.4 is 4.72 Å². The molecule has 1 rings (SSSR count). The van der Waals surface area contributed by atoms with Gasteiger partial charge in [0.1, 0.15) is 0 Å². The standard InChI is InChI=1S/C9H14N2O4S/c1-7(5-9(12)13)10-16(14,15)8-3-4-11(2)6-8/h3-4,6-7,10H,5H2,1-2H3,(H,12,13). The Morgan fingerprint density at radius 1 is 1.62 bits per heavy atom. The van der Waals surface area contributed by atoms with Crippen LogP contribution in [0.3, 0.4) is 0 Å². The first-order valence-electron chi connectivity index (χ1n) is 4.67. The number of carboxylic acid groups (broad SMARTS) is 1. The fourth-order valence-corrected chi connectivity index (χ4v) is 2.57. The molecule has 2 N–H and O–H groups in total. The van der Waals surface area contributed by atoms with Gasteiger partial charge in [-0.25, -0.2) is 13.1 Å². The number of aromatic nitrogens is 1. The zero-order chi connectivity index (χ0) is 12.3. The molecule has 0 bridgehead atoms. The van der Waals surface area contributed by atoms with Gasteiger partial charge in [-0.2, -0.15) is 0 Å². The molecule has 1 unspecified atom stereocenters. The lowest BCUT2D eigenvalue weighted by Crippen LogP contribution is -2.34. The number of nitrogens with zero attached hydrogens (tertiary/aromatic N) is 1. The Hall–Kier alpha value is -1.34. The lowest BCUT2D eigenvalue weighted by atomic mass is 10.3. The van der Waals surface area contributed by atoms with Crippen molar-refractivity contribution >= 4 is 16.0 Å². The zero-order valence-electron chi connectivity index (χ0n) is 9.04. The van der Waals surface area contributed by atoms with Gasteiger partial charge in [-0.3, -0.25) is 4.79 Å². The highest BCUT2D eigenvalue weighted by Gasteiger charge is 2.19. The van der Waals surface area contributed by atoms with E-state index in [1.54, 1.807) is 17.8 Å². The van der Waals surface area contributed by atoms with Gasteiger partial charge in [-0.15, -0.1) is 0 Å². The Kier molecular flexibility index (Phi) is 3.71. The van der Waals surface area contributed by atoms with Crippen molar-refractivity contribution < 1.29 is 18.3 Å². The quantitative estimate of drug-likeness (QED) is 0.775. The van der Waals surface area contributed by atoms with Crippen molar-refractivity contribution in [2.45, 2.75) is 24.3 Å². The Morgan fingerprint density at radius 2 is 2.25 bits per heavy atom. The molecule has 0 radical (unpaired) electrons. The molecule has 0 aliphatic heterocycles. The van der Waals surface area contributed by atoms with Gasteiger partial charge in [0.05, 0.1) is 11.3 Å². The van der Waals surface area contributed by atoms with Gasteiger partial charge < -0.3 is 9.67 Å². The predicted molar refractivity (Wildman–Crippen MR) is 57.4 cm³/mol. The summed E-state index contributed by atoms with van der Waals surface area (Å²) in [7, 11) is -1.91. The number of carboxylic acids is 1. The SMILES string of the molecule is CC(CC(=O)O)NS(=O)(=O)c1ccn(C)c1. The summed E-state index contributed by atoms with van der Waals surface area (Å²) >= 11 is 0. The maximum Gasteiger partial charge on any atom is 0.304 e. The van der Waals surface area contributed by atoms with E-state index >= 15 is 0 Å². The van der Waals surface area contributed by atoms with Crippen molar-refractivity contribution in [2.75, 3.05) is 0 Å². The van der Waals surface area contributed by atoms with E-state index in [0.717, 1.165) is 0 Å². The number of nitrogens with one attached hydrogen (secondary N) is 1. The molecule has 0 saturated heterocycles. The zero-order valence-corrected chi connectivity index (χ0v) is 9.86. The van der Waals surface area contributed by atoms with Gasteiger partial charge in [0.25, 0.3) is 0 Å². The van der Waals surface area contributed by atoms with Crippen LogP contribution in [0.2, 0.25) is 0 Å². The van der Waals surface area contributed by atoms with Crippen LogP contribution in [0.15, 0.2) is 23.4 Å². The minimum atomic E-state index is -3.62. The third kappa shape index (κ3) is 3.35. The van der Waals surface area contributed by atoms with Crippen LogP contribution in [0.5, 0.6) is 0 Å². The summed E-state index contributed by atoms with van der Waals surface area (Å²) < 4.78 is 27.3. The molecule has 6 nitrogen and oxygen atoms in total. The highest BCUT2D eigenvalue weighted by molar-refractivity contribution is 7.89. The second kappa shape index (κ2) is 4.67. The van der Waals surface area contributed by atoms with E-state index in [0.29, 0.717) is 0 Å². The molecule has 0 amide bonds. The topological polar surface area (TPSA) is 88.4 Å². The molecule has 0 aliphatic rings. The van der Waals surface area contributed by atoms with E-state index in [-0.39, 0.29) is 11.3 Å². The molecule has 0 aromatic carbocycles. The lowest BCUT2D eigenvalue weighted by molar-refractivity contribution is -0.137. The number of rotatable bonds is 5. The van der Waals surface area contributed by atoms with E-state index in [1.165, 1.54) is 19.2 Å². The summed E-state index contributed by atoms with van der Waals surface area (Å²) in [6.45, 7) is 1.51. The Balaban J connectivity index is 2.76. The molecule has 7 heteroatoms. The second-order valence-corrected chi connectivity index (χ2v) is 5.35. The summed E-state index contributed by atoms with van der Waals surface area (Å²) in [5, 5.41) is 8.52. The Morgan fingerprint density at radius 3 is 2.69 bits per heavy atom. The molecular weight excluding hydrogens is 232 g/mol. The van der Waals surface area contributed by atoms with Crippen molar-refractivity contribution in [1.29, 1.82) is 0 Å². The number of hydrogen-bond acceptors (Lipinski definition) is 3. The highest BCUT2D eigenvalue weighted by Crippen LogP contribution is 2.09. The van der Waals surface area contributed by atoms with Crippen molar-refractivity contribution in [3.05, 3.63) is 18.5 Å². The van der Waals surface area contributed by atoms with E-state index in [1.807, 2.05) is 0 Å². The average Bonchev–Trinajstić information content (AvgIpc) is 2.49. The van der Waals surface area contributed by atoms with Gasteiger partial charge in [0.15, 0.2) is 0 Å². The molecular formula is C9H14N2O4S. The van der Waals surface area contributed by atoms with E-state index in [2.05, 4.69) is 4.72 Å². The maximum absolute atomic E-state index is 11.7. The fraction of sp³-hybridized carbons (Fsp3) is 0.444. The number of sulfonamides is 1. The van der Waals surface area contributed by atoms with Crippen molar-refractivity contribution in [3.63, 3.8) is 0 Å². The summed E-state index contributed by atoms with van der Waals surface area (Å²) in [6, 6.07) is 0.818. The Labute approximate surface area is 93.9 Å². The van der Waals surface area contributed by atoms with Crippen LogP contribution in [0.1, 0.15) is 13.3 Å². The third-order valence-corrected chi connectivity index (χ3v) is 3.53. The first-order valence-corrected chi connectivity index (χ1v) is 6.15. The van der Waals surface area contributed by atoms with Crippen LogP contribution >= 0.6 is 0 Å². The molecule has 90 valence electrons. The van der Waals surface area contributed by atoms with Gasteiger partial charge >= 0.3 is 5.97 Å². The van der Waals surface area contributed by atoms with Gasteiger partial charge in [-0.05, 0) is 13.0 Å². The molecule has 1 aromatic heterocycles. The number of carbonyl (C=O) groups is 1. The summed E-state index contributed by atoms with van der Waals surface area (Å²) in [6.07, 6.45) is 2.82. The summed E-state index contributed by atoms with van der Waals surface area (Å²) in [4.78, 5) is 10.5. The summed E-state index contributed by atoms with van der Waals surface area (Å²) in [5.41, 5.74) is 0. The predicted octanol–water partition coefficient (Wildman–Crippen LogP) is 0.167. The van der Waals surface area contributed by atoms with Gasteiger partial charge in [0, 0.05) is 25.5 Å². The number of aliphatic carboxylic acids is 1. The van der Waals surface area contributed by atoms with Crippen molar-refractivity contribution in [2.24, 2.45) is 7.05 Å². The van der Waals surface area contributed by atoms with E-state index in [9.17, 15) is 13.2 Å². The third-order valence-electron chi connectivity index (χ3n) is 1.95. The van der Waals surface area contributed by atoms with Crippen LogP contribution in [-0.4, -0.2) is 30.1 Å². The Bertz CT molecular complexity index is 477. The normalized spacial score (nSPS) is 13.6. The minimum Gasteiger partial charge on any atom is -0.481 e. The molecule has 16 heavy (non-hydrogen) atoms. The fourth-order valence-electron chi connectivity index (χ4n) is 1.27. The highest BCUT2D eigenvalue weighted by atomic mass is 32.2. The molecule has 0 fully saturated rings. The largest absolute Gasteiger partial charge is 0.481 e.